The first kappa shape index (κ1) is 19.7. The molecule has 0 aliphatic carbocycles. The number of likely N-dealkylation sites (tertiary alicyclic amines) is 1. The first-order valence-corrected chi connectivity index (χ1v) is 7.08. The fourth-order valence-corrected chi connectivity index (χ4v) is 2.74. The third kappa shape index (κ3) is 5.67. The molecule has 0 unspecified atom stereocenters. The molecule has 2 atom stereocenters. The van der Waals surface area contributed by atoms with Gasteiger partial charge in [-0.05, 0) is 18.0 Å². The van der Waals surface area contributed by atoms with Gasteiger partial charge in [-0.3, -0.25) is 4.79 Å². The molecule has 0 spiro atoms. The number of benzene rings is 1. The first-order chi connectivity index (χ1) is 10.4. The summed E-state index contributed by atoms with van der Waals surface area (Å²) >= 11 is 0. The smallest absolute Gasteiger partial charge is 0.362 e. The number of ether oxygens (including phenoxy) is 1. The molecule has 1 aromatic carbocycles. The number of nitrogens with zero attached hydrogens (tertiary/aromatic N) is 1. The molecular formula is C15H20ClF3N2O2. The molecule has 2 N–H and O–H groups in total. The van der Waals surface area contributed by atoms with Crippen LogP contribution in [-0.2, 0) is 9.53 Å². The highest BCUT2D eigenvalue weighted by molar-refractivity contribution is 5.85. The van der Waals surface area contributed by atoms with Gasteiger partial charge in [-0.25, -0.2) is 0 Å². The molecule has 130 valence electrons. The van der Waals surface area contributed by atoms with Crippen LogP contribution in [0.15, 0.2) is 30.3 Å². The van der Waals surface area contributed by atoms with E-state index in [2.05, 4.69) is 4.74 Å². The van der Waals surface area contributed by atoms with Gasteiger partial charge in [-0.1, -0.05) is 30.3 Å². The van der Waals surface area contributed by atoms with Crippen molar-refractivity contribution in [2.75, 3.05) is 32.8 Å². The van der Waals surface area contributed by atoms with Crippen LogP contribution in [0.25, 0.3) is 0 Å². The van der Waals surface area contributed by atoms with Crippen molar-refractivity contribution >= 4 is 18.3 Å². The molecule has 1 heterocycles. The van der Waals surface area contributed by atoms with E-state index in [0.717, 1.165) is 5.56 Å². The summed E-state index contributed by atoms with van der Waals surface area (Å²) in [6.45, 7) is -0.634. The molecule has 1 aromatic rings. The topological polar surface area (TPSA) is 55.6 Å². The van der Waals surface area contributed by atoms with E-state index in [1.165, 1.54) is 4.90 Å². The highest BCUT2D eigenvalue weighted by Gasteiger charge is 2.35. The number of alkyl halides is 3. The van der Waals surface area contributed by atoms with Gasteiger partial charge >= 0.3 is 6.18 Å². The van der Waals surface area contributed by atoms with Gasteiger partial charge in [0, 0.05) is 19.0 Å². The number of rotatable bonds is 5. The summed E-state index contributed by atoms with van der Waals surface area (Å²) in [7, 11) is 0. The molecule has 0 saturated carbocycles. The van der Waals surface area contributed by atoms with Gasteiger partial charge in [0.25, 0.3) is 0 Å². The third-order valence-corrected chi connectivity index (χ3v) is 3.82. The van der Waals surface area contributed by atoms with Crippen molar-refractivity contribution in [1.29, 1.82) is 0 Å². The van der Waals surface area contributed by atoms with Crippen molar-refractivity contribution in [2.45, 2.75) is 12.1 Å². The van der Waals surface area contributed by atoms with Crippen molar-refractivity contribution in [3.63, 3.8) is 0 Å². The Morgan fingerprint density at radius 2 is 1.91 bits per heavy atom. The Morgan fingerprint density at radius 1 is 1.26 bits per heavy atom. The zero-order valence-electron chi connectivity index (χ0n) is 12.5. The molecule has 0 bridgehead atoms. The summed E-state index contributed by atoms with van der Waals surface area (Å²) in [5, 5.41) is 0. The predicted octanol–water partition coefficient (Wildman–Crippen LogP) is 2.19. The van der Waals surface area contributed by atoms with E-state index in [0.29, 0.717) is 19.6 Å². The minimum atomic E-state index is -4.42. The molecule has 1 aliphatic heterocycles. The summed E-state index contributed by atoms with van der Waals surface area (Å²) < 4.78 is 40.5. The molecule has 1 aliphatic rings. The molecule has 1 fully saturated rings. The number of nitrogens with two attached hydrogens (primary N) is 1. The molecule has 2 rings (SSSR count). The number of hydrogen-bond acceptors (Lipinski definition) is 3. The average molecular weight is 353 g/mol. The van der Waals surface area contributed by atoms with Crippen LogP contribution in [-0.4, -0.2) is 49.8 Å². The summed E-state index contributed by atoms with van der Waals surface area (Å²) in [5.41, 5.74) is 6.85. The highest BCUT2D eigenvalue weighted by Crippen LogP contribution is 2.32. The van der Waals surface area contributed by atoms with Gasteiger partial charge in [0.1, 0.15) is 13.2 Å². The summed E-state index contributed by atoms with van der Waals surface area (Å²) in [5.74, 6) is -0.215. The minimum Gasteiger partial charge on any atom is -0.362 e. The Balaban J connectivity index is 0.00000264. The lowest BCUT2D eigenvalue weighted by Gasteiger charge is -2.17. The summed E-state index contributed by atoms with van der Waals surface area (Å²) in [6, 6.07) is 9.69. The van der Waals surface area contributed by atoms with E-state index in [1.54, 1.807) is 0 Å². The van der Waals surface area contributed by atoms with E-state index in [9.17, 15) is 18.0 Å². The second kappa shape index (κ2) is 8.52. The van der Waals surface area contributed by atoms with E-state index in [1.807, 2.05) is 30.3 Å². The maximum Gasteiger partial charge on any atom is 0.411 e. The van der Waals surface area contributed by atoms with Gasteiger partial charge in [0.15, 0.2) is 0 Å². The van der Waals surface area contributed by atoms with Crippen molar-refractivity contribution in [2.24, 2.45) is 11.7 Å². The Bertz CT molecular complexity index is 499. The monoisotopic (exact) mass is 352 g/mol. The van der Waals surface area contributed by atoms with Crippen LogP contribution in [0.1, 0.15) is 11.5 Å². The molecule has 1 saturated heterocycles. The fourth-order valence-electron chi connectivity index (χ4n) is 2.74. The van der Waals surface area contributed by atoms with Crippen molar-refractivity contribution in [3.8, 4) is 0 Å². The Morgan fingerprint density at radius 3 is 2.48 bits per heavy atom. The number of carbonyl (C=O) groups excluding carboxylic acids is 1. The van der Waals surface area contributed by atoms with E-state index in [-0.39, 0.29) is 24.2 Å². The fraction of sp³-hybridized carbons (Fsp3) is 0.533. The van der Waals surface area contributed by atoms with Gasteiger partial charge < -0.3 is 15.4 Å². The highest BCUT2D eigenvalue weighted by atomic mass is 35.5. The lowest BCUT2D eigenvalue weighted by atomic mass is 9.89. The number of carbonyl (C=O) groups is 1. The van der Waals surface area contributed by atoms with Crippen LogP contribution < -0.4 is 5.73 Å². The molecular weight excluding hydrogens is 333 g/mol. The Kier molecular flexibility index (Phi) is 7.31. The van der Waals surface area contributed by atoms with Gasteiger partial charge in [-0.15, -0.1) is 12.4 Å². The van der Waals surface area contributed by atoms with Crippen LogP contribution in [0.4, 0.5) is 13.2 Å². The van der Waals surface area contributed by atoms with Gasteiger partial charge in [-0.2, -0.15) is 13.2 Å². The van der Waals surface area contributed by atoms with Crippen LogP contribution in [0.5, 0.6) is 0 Å². The second-order valence-electron chi connectivity index (χ2n) is 5.42. The molecule has 0 radical (unpaired) electrons. The summed E-state index contributed by atoms with van der Waals surface area (Å²) in [6.07, 6.45) is -4.42. The molecule has 0 aromatic heterocycles. The standard InChI is InChI=1S/C15H19F3N2O2.ClH/c16-15(17,18)10-22-9-14(21)20-7-12(6-19)13(8-20)11-4-2-1-3-5-11;/h1-5,12-13H,6-10,19H2;1H/t12-,13+;/m1./s1. The summed E-state index contributed by atoms with van der Waals surface area (Å²) in [4.78, 5) is 13.5. The molecule has 4 nitrogen and oxygen atoms in total. The Hall–Kier alpha value is -1.31. The van der Waals surface area contributed by atoms with Crippen LogP contribution in [0.3, 0.4) is 0 Å². The largest absolute Gasteiger partial charge is 0.411 e. The number of hydrogen-bond donors (Lipinski definition) is 1. The van der Waals surface area contributed by atoms with E-state index in [4.69, 9.17) is 5.73 Å². The predicted molar refractivity (Wildman–Crippen MR) is 82.4 cm³/mol. The number of halogens is 4. The van der Waals surface area contributed by atoms with Crippen molar-refractivity contribution in [1.82, 2.24) is 4.90 Å². The van der Waals surface area contributed by atoms with Crippen LogP contribution >= 0.6 is 12.4 Å². The first-order valence-electron chi connectivity index (χ1n) is 7.08. The van der Waals surface area contributed by atoms with Gasteiger partial charge in [0.2, 0.25) is 5.91 Å². The van der Waals surface area contributed by atoms with Crippen molar-refractivity contribution < 1.29 is 22.7 Å². The van der Waals surface area contributed by atoms with Crippen LogP contribution in [0, 0.1) is 5.92 Å². The molecule has 1 amide bonds. The zero-order chi connectivity index (χ0) is 16.2. The minimum absolute atomic E-state index is 0. The maximum absolute atomic E-state index is 12.0. The molecule has 23 heavy (non-hydrogen) atoms. The quantitative estimate of drug-likeness (QED) is 0.883. The Labute approximate surface area is 139 Å². The maximum atomic E-state index is 12.0. The van der Waals surface area contributed by atoms with E-state index >= 15 is 0 Å². The normalized spacial score (nSPS) is 21.1. The number of amides is 1. The second-order valence-corrected chi connectivity index (χ2v) is 5.42. The molecule has 8 heteroatoms. The SMILES string of the molecule is Cl.NC[C@@H]1CN(C(=O)COCC(F)(F)F)C[C@H]1c1ccccc1. The zero-order valence-corrected chi connectivity index (χ0v) is 13.3. The third-order valence-electron chi connectivity index (χ3n) is 3.82. The van der Waals surface area contributed by atoms with Gasteiger partial charge in [0.05, 0.1) is 0 Å². The average Bonchev–Trinajstić information content (AvgIpc) is 2.91. The lowest BCUT2D eigenvalue weighted by molar-refractivity contribution is -0.177. The van der Waals surface area contributed by atoms with E-state index < -0.39 is 25.3 Å². The van der Waals surface area contributed by atoms with Crippen LogP contribution in [0.2, 0.25) is 0 Å². The van der Waals surface area contributed by atoms with Crippen molar-refractivity contribution in [3.05, 3.63) is 35.9 Å². The lowest BCUT2D eigenvalue weighted by Crippen LogP contribution is -2.34.